The average Bonchev–Trinajstić information content (AvgIpc) is 2.97. The lowest BCUT2D eigenvalue weighted by Crippen LogP contribution is -2.52. The van der Waals surface area contributed by atoms with Crippen molar-refractivity contribution in [2.75, 3.05) is 20.2 Å². The van der Waals surface area contributed by atoms with Crippen LogP contribution in [0, 0.1) is 6.92 Å². The van der Waals surface area contributed by atoms with E-state index in [-0.39, 0.29) is 17.3 Å². The van der Waals surface area contributed by atoms with Crippen LogP contribution in [0.15, 0.2) is 27.4 Å². The van der Waals surface area contributed by atoms with Crippen LogP contribution in [0.1, 0.15) is 57.1 Å². The van der Waals surface area contributed by atoms with Gasteiger partial charge in [0.25, 0.3) is 0 Å². The standard InChI is InChI=1S/C21H30N2O3/c1-15-4-5-19-18(14-15)23(20(24)26-19)16-8-12-22(13-9-16)21(2)10-6-17(25-3)7-11-21/h4-5,14,16-17H,6-13H2,1-3H3. The molecule has 0 unspecified atom stereocenters. The van der Waals surface area contributed by atoms with E-state index in [1.165, 1.54) is 12.8 Å². The highest BCUT2D eigenvalue weighted by molar-refractivity contribution is 5.73. The zero-order valence-corrected chi connectivity index (χ0v) is 16.2. The van der Waals surface area contributed by atoms with E-state index in [1.54, 1.807) is 0 Å². The van der Waals surface area contributed by atoms with Gasteiger partial charge in [0.05, 0.1) is 11.6 Å². The highest BCUT2D eigenvalue weighted by atomic mass is 16.5. The van der Waals surface area contributed by atoms with Gasteiger partial charge in [-0.15, -0.1) is 0 Å². The highest BCUT2D eigenvalue weighted by Gasteiger charge is 2.38. The minimum atomic E-state index is -0.212. The number of benzene rings is 1. The predicted octanol–water partition coefficient (Wildman–Crippen LogP) is 3.89. The van der Waals surface area contributed by atoms with Crippen LogP contribution in [-0.4, -0.2) is 41.3 Å². The summed E-state index contributed by atoms with van der Waals surface area (Å²) in [5, 5.41) is 0. The van der Waals surface area contributed by atoms with E-state index < -0.39 is 0 Å². The fraction of sp³-hybridized carbons (Fsp3) is 0.667. The molecule has 142 valence electrons. The quantitative estimate of drug-likeness (QED) is 0.835. The minimum absolute atomic E-state index is 0.212. The zero-order valence-electron chi connectivity index (χ0n) is 16.2. The Morgan fingerprint density at radius 1 is 1.15 bits per heavy atom. The van der Waals surface area contributed by atoms with Crippen LogP contribution in [-0.2, 0) is 4.74 Å². The molecule has 1 aromatic heterocycles. The van der Waals surface area contributed by atoms with Crippen molar-refractivity contribution < 1.29 is 9.15 Å². The van der Waals surface area contributed by atoms with E-state index in [0.717, 1.165) is 49.9 Å². The number of aromatic nitrogens is 1. The average molecular weight is 358 g/mol. The molecule has 0 bridgehead atoms. The number of likely N-dealkylation sites (tertiary alicyclic amines) is 1. The first-order valence-corrected chi connectivity index (χ1v) is 9.90. The highest BCUT2D eigenvalue weighted by Crippen LogP contribution is 2.37. The van der Waals surface area contributed by atoms with Crippen LogP contribution >= 0.6 is 0 Å². The second-order valence-electron chi connectivity index (χ2n) is 8.36. The van der Waals surface area contributed by atoms with Crippen molar-refractivity contribution >= 4 is 11.1 Å². The molecule has 1 aliphatic heterocycles. The van der Waals surface area contributed by atoms with Crippen LogP contribution in [0.4, 0.5) is 0 Å². The molecule has 1 saturated heterocycles. The van der Waals surface area contributed by atoms with Crippen LogP contribution in [0.25, 0.3) is 11.1 Å². The van der Waals surface area contributed by atoms with Gasteiger partial charge in [-0.1, -0.05) is 6.07 Å². The number of fused-ring (bicyclic) bond motifs is 1. The first kappa shape index (κ1) is 17.8. The number of oxazole rings is 1. The molecule has 1 aromatic carbocycles. The molecule has 4 rings (SSSR count). The zero-order chi connectivity index (χ0) is 18.3. The van der Waals surface area contributed by atoms with E-state index in [1.807, 2.05) is 23.8 Å². The third kappa shape index (κ3) is 3.12. The Bertz CT molecular complexity index is 821. The lowest BCUT2D eigenvalue weighted by atomic mass is 9.79. The Morgan fingerprint density at radius 3 is 2.50 bits per heavy atom. The fourth-order valence-electron chi connectivity index (χ4n) is 4.92. The van der Waals surface area contributed by atoms with Gasteiger partial charge in [-0.05, 0) is 70.1 Å². The summed E-state index contributed by atoms with van der Waals surface area (Å²) >= 11 is 0. The van der Waals surface area contributed by atoms with E-state index >= 15 is 0 Å². The number of aryl methyl sites for hydroxylation is 1. The molecule has 2 aromatic rings. The van der Waals surface area contributed by atoms with Gasteiger partial charge in [0.15, 0.2) is 5.58 Å². The summed E-state index contributed by atoms with van der Waals surface area (Å²) < 4.78 is 12.9. The SMILES string of the molecule is COC1CCC(C)(N2CCC(n3c(=O)oc4ccc(C)cc43)CC2)CC1. The number of rotatable bonds is 3. The summed E-state index contributed by atoms with van der Waals surface area (Å²) in [5.41, 5.74) is 3.08. The van der Waals surface area contributed by atoms with Gasteiger partial charge in [0.2, 0.25) is 0 Å². The van der Waals surface area contributed by atoms with Crippen LogP contribution < -0.4 is 5.76 Å². The lowest BCUT2D eigenvalue weighted by molar-refractivity contribution is -0.0147. The van der Waals surface area contributed by atoms with Crippen LogP contribution in [0.2, 0.25) is 0 Å². The summed E-state index contributed by atoms with van der Waals surface area (Å²) in [5.74, 6) is -0.212. The number of hydrogen-bond acceptors (Lipinski definition) is 4. The molecule has 5 nitrogen and oxygen atoms in total. The second kappa shape index (κ2) is 6.86. The number of hydrogen-bond donors (Lipinski definition) is 0. The Labute approximate surface area is 154 Å². The number of methoxy groups -OCH3 is 1. The van der Waals surface area contributed by atoms with Crippen molar-refractivity contribution in [3.63, 3.8) is 0 Å². The van der Waals surface area contributed by atoms with Crippen molar-refractivity contribution in [3.8, 4) is 0 Å². The Morgan fingerprint density at radius 2 is 1.85 bits per heavy atom. The monoisotopic (exact) mass is 358 g/mol. The summed E-state index contributed by atoms with van der Waals surface area (Å²) in [6.45, 7) is 6.55. The lowest BCUT2D eigenvalue weighted by Gasteiger charge is -2.48. The van der Waals surface area contributed by atoms with Crippen molar-refractivity contribution in [3.05, 3.63) is 34.3 Å². The molecule has 2 fully saturated rings. The number of nitrogens with zero attached hydrogens (tertiary/aromatic N) is 2. The van der Waals surface area contributed by atoms with E-state index in [0.29, 0.717) is 11.7 Å². The number of piperidine rings is 1. The number of ether oxygens (including phenoxy) is 1. The van der Waals surface area contributed by atoms with Crippen molar-refractivity contribution in [1.29, 1.82) is 0 Å². The largest absolute Gasteiger partial charge is 0.420 e. The second-order valence-corrected chi connectivity index (χ2v) is 8.36. The predicted molar refractivity (Wildman–Crippen MR) is 103 cm³/mol. The fourth-order valence-corrected chi connectivity index (χ4v) is 4.92. The van der Waals surface area contributed by atoms with Gasteiger partial charge in [-0.3, -0.25) is 9.47 Å². The van der Waals surface area contributed by atoms with Crippen LogP contribution in [0.5, 0.6) is 0 Å². The molecular weight excluding hydrogens is 328 g/mol. The summed E-state index contributed by atoms with van der Waals surface area (Å²) in [7, 11) is 1.83. The molecule has 0 N–H and O–H groups in total. The molecule has 0 spiro atoms. The molecule has 2 aliphatic rings. The molecule has 0 atom stereocenters. The van der Waals surface area contributed by atoms with E-state index in [2.05, 4.69) is 24.8 Å². The molecular formula is C21H30N2O3. The Hall–Kier alpha value is -1.59. The Kier molecular flexibility index (Phi) is 4.70. The molecule has 0 radical (unpaired) electrons. The van der Waals surface area contributed by atoms with Crippen molar-refractivity contribution in [1.82, 2.24) is 9.47 Å². The molecule has 2 heterocycles. The van der Waals surface area contributed by atoms with Gasteiger partial charge >= 0.3 is 5.76 Å². The minimum Gasteiger partial charge on any atom is -0.408 e. The first-order valence-electron chi connectivity index (χ1n) is 9.90. The maximum atomic E-state index is 12.4. The van der Waals surface area contributed by atoms with Crippen molar-refractivity contribution in [2.45, 2.75) is 70.1 Å². The van der Waals surface area contributed by atoms with E-state index in [4.69, 9.17) is 9.15 Å². The van der Waals surface area contributed by atoms with Gasteiger partial charge in [0, 0.05) is 31.8 Å². The molecule has 26 heavy (non-hydrogen) atoms. The first-order chi connectivity index (χ1) is 12.5. The van der Waals surface area contributed by atoms with E-state index in [9.17, 15) is 4.79 Å². The van der Waals surface area contributed by atoms with Crippen molar-refractivity contribution in [2.24, 2.45) is 0 Å². The van der Waals surface area contributed by atoms with Gasteiger partial charge < -0.3 is 9.15 Å². The van der Waals surface area contributed by atoms with Crippen LogP contribution in [0.3, 0.4) is 0 Å². The molecule has 1 saturated carbocycles. The third-order valence-corrected chi connectivity index (χ3v) is 6.70. The maximum Gasteiger partial charge on any atom is 0.420 e. The summed E-state index contributed by atoms with van der Waals surface area (Å²) in [4.78, 5) is 15.1. The molecule has 5 heteroatoms. The van der Waals surface area contributed by atoms with Gasteiger partial charge in [0.1, 0.15) is 0 Å². The molecule has 0 amide bonds. The molecule has 1 aliphatic carbocycles. The van der Waals surface area contributed by atoms with Gasteiger partial charge in [-0.25, -0.2) is 4.79 Å². The Balaban J connectivity index is 1.48. The third-order valence-electron chi connectivity index (χ3n) is 6.70. The summed E-state index contributed by atoms with van der Waals surface area (Å²) in [6.07, 6.45) is 7.14. The summed E-state index contributed by atoms with van der Waals surface area (Å²) in [6, 6.07) is 6.21. The maximum absolute atomic E-state index is 12.4. The topological polar surface area (TPSA) is 47.6 Å². The van der Waals surface area contributed by atoms with Gasteiger partial charge in [-0.2, -0.15) is 0 Å². The normalized spacial score (nSPS) is 28.7. The smallest absolute Gasteiger partial charge is 0.408 e.